The van der Waals surface area contributed by atoms with Crippen LogP contribution in [0.5, 0.6) is 0 Å². The van der Waals surface area contributed by atoms with Crippen molar-refractivity contribution in [2.75, 3.05) is 11.9 Å². The SMILES string of the molecule is CCOCc1ccccc1NC(=O)c1cc(C)n(Cc2ccccn2)c1C. The van der Waals surface area contributed by atoms with Crippen LogP contribution < -0.4 is 5.32 Å². The van der Waals surface area contributed by atoms with E-state index in [1.807, 2.05) is 69.3 Å². The highest BCUT2D eigenvalue weighted by atomic mass is 16.5. The minimum atomic E-state index is -0.112. The van der Waals surface area contributed by atoms with Gasteiger partial charge in [0.25, 0.3) is 5.91 Å². The Labute approximate surface area is 160 Å². The molecule has 0 aliphatic carbocycles. The number of carbonyl (C=O) groups excluding carboxylic acids is 1. The smallest absolute Gasteiger partial charge is 0.257 e. The van der Waals surface area contributed by atoms with Crippen molar-refractivity contribution in [2.24, 2.45) is 0 Å². The van der Waals surface area contributed by atoms with Gasteiger partial charge in [0.15, 0.2) is 0 Å². The van der Waals surface area contributed by atoms with Crippen molar-refractivity contribution < 1.29 is 9.53 Å². The predicted octanol–water partition coefficient (Wildman–Crippen LogP) is 4.34. The molecule has 0 bridgehead atoms. The number of carbonyl (C=O) groups is 1. The Kier molecular flexibility index (Phi) is 6.04. The summed E-state index contributed by atoms with van der Waals surface area (Å²) in [5.41, 5.74) is 5.35. The maximum Gasteiger partial charge on any atom is 0.257 e. The Hall–Kier alpha value is -2.92. The number of pyridine rings is 1. The van der Waals surface area contributed by atoms with Crippen LogP contribution in [0.25, 0.3) is 0 Å². The molecule has 0 fully saturated rings. The zero-order valence-electron chi connectivity index (χ0n) is 16.0. The second kappa shape index (κ2) is 8.64. The number of ether oxygens (including phenoxy) is 1. The number of nitrogens with zero attached hydrogens (tertiary/aromatic N) is 2. The minimum Gasteiger partial charge on any atom is -0.377 e. The van der Waals surface area contributed by atoms with Crippen LogP contribution in [0.2, 0.25) is 0 Å². The number of aryl methyl sites for hydroxylation is 1. The molecule has 0 atom stereocenters. The second-order valence-electron chi connectivity index (χ2n) is 6.44. The van der Waals surface area contributed by atoms with Crippen LogP contribution in [0.4, 0.5) is 5.69 Å². The van der Waals surface area contributed by atoms with Gasteiger partial charge >= 0.3 is 0 Å². The zero-order chi connectivity index (χ0) is 19.2. The number of amides is 1. The fourth-order valence-corrected chi connectivity index (χ4v) is 3.10. The van der Waals surface area contributed by atoms with Crippen LogP contribution in [0.3, 0.4) is 0 Å². The third-order valence-electron chi connectivity index (χ3n) is 4.59. The Morgan fingerprint density at radius 1 is 1.15 bits per heavy atom. The summed E-state index contributed by atoms with van der Waals surface area (Å²) in [6.45, 7) is 7.69. The molecule has 3 aromatic rings. The fraction of sp³-hybridized carbons (Fsp3) is 0.273. The standard InChI is InChI=1S/C22H25N3O2/c1-4-27-15-18-9-5-6-11-21(18)24-22(26)20-13-16(2)25(17(20)3)14-19-10-7-8-12-23-19/h5-13H,4,14-15H2,1-3H3,(H,24,26). The van der Waals surface area contributed by atoms with Gasteiger partial charge in [-0.05, 0) is 45.0 Å². The lowest BCUT2D eigenvalue weighted by molar-refractivity contribution is 0.102. The van der Waals surface area contributed by atoms with Crippen LogP contribution in [0, 0.1) is 13.8 Å². The van der Waals surface area contributed by atoms with E-state index in [0.29, 0.717) is 25.3 Å². The first-order chi connectivity index (χ1) is 13.1. The summed E-state index contributed by atoms with van der Waals surface area (Å²) in [4.78, 5) is 17.3. The van der Waals surface area contributed by atoms with Gasteiger partial charge in [-0.2, -0.15) is 0 Å². The second-order valence-corrected chi connectivity index (χ2v) is 6.44. The van der Waals surface area contributed by atoms with E-state index in [1.165, 1.54) is 0 Å². The molecule has 3 rings (SSSR count). The van der Waals surface area contributed by atoms with Crippen molar-refractivity contribution >= 4 is 11.6 Å². The van der Waals surface area contributed by atoms with Crippen molar-refractivity contribution in [1.82, 2.24) is 9.55 Å². The van der Waals surface area contributed by atoms with E-state index in [1.54, 1.807) is 6.20 Å². The highest BCUT2D eigenvalue weighted by Gasteiger charge is 2.17. The summed E-state index contributed by atoms with van der Waals surface area (Å²) >= 11 is 0. The largest absolute Gasteiger partial charge is 0.377 e. The third-order valence-corrected chi connectivity index (χ3v) is 4.59. The molecule has 0 aliphatic heterocycles. The van der Waals surface area contributed by atoms with E-state index < -0.39 is 0 Å². The first-order valence-corrected chi connectivity index (χ1v) is 9.13. The molecule has 1 amide bonds. The number of hydrogen-bond acceptors (Lipinski definition) is 3. The van der Waals surface area contributed by atoms with Crippen molar-refractivity contribution in [3.05, 3.63) is 82.9 Å². The minimum absolute atomic E-state index is 0.112. The first-order valence-electron chi connectivity index (χ1n) is 9.13. The molecular formula is C22H25N3O2. The Morgan fingerprint density at radius 3 is 2.67 bits per heavy atom. The summed E-state index contributed by atoms with van der Waals surface area (Å²) in [5, 5.41) is 3.03. The number of para-hydroxylation sites is 1. The molecule has 0 aliphatic rings. The molecule has 0 saturated heterocycles. The topological polar surface area (TPSA) is 56.1 Å². The molecule has 5 heteroatoms. The van der Waals surface area contributed by atoms with Gasteiger partial charge in [0.2, 0.25) is 0 Å². The van der Waals surface area contributed by atoms with Gasteiger partial charge in [-0.3, -0.25) is 9.78 Å². The van der Waals surface area contributed by atoms with Gasteiger partial charge in [0.05, 0.1) is 24.4 Å². The fourth-order valence-electron chi connectivity index (χ4n) is 3.10. The molecule has 140 valence electrons. The maximum absolute atomic E-state index is 12.9. The molecule has 1 aromatic carbocycles. The van der Waals surface area contributed by atoms with Crippen LogP contribution in [0.1, 0.15) is 39.9 Å². The molecule has 1 N–H and O–H groups in total. The lowest BCUT2D eigenvalue weighted by Crippen LogP contribution is -2.15. The van der Waals surface area contributed by atoms with Gasteiger partial charge < -0.3 is 14.6 Å². The number of nitrogens with one attached hydrogen (secondary N) is 1. The molecule has 27 heavy (non-hydrogen) atoms. The summed E-state index contributed by atoms with van der Waals surface area (Å²) in [5.74, 6) is -0.112. The van der Waals surface area contributed by atoms with Crippen LogP contribution in [-0.2, 0) is 17.9 Å². The molecular weight excluding hydrogens is 338 g/mol. The molecule has 0 saturated carbocycles. The van der Waals surface area contributed by atoms with E-state index >= 15 is 0 Å². The van der Waals surface area contributed by atoms with Crippen molar-refractivity contribution in [3.8, 4) is 0 Å². The number of anilines is 1. The van der Waals surface area contributed by atoms with E-state index in [4.69, 9.17) is 4.74 Å². The van der Waals surface area contributed by atoms with Gasteiger partial charge in [-0.25, -0.2) is 0 Å². The van der Waals surface area contributed by atoms with Crippen LogP contribution in [-0.4, -0.2) is 22.1 Å². The zero-order valence-corrected chi connectivity index (χ0v) is 16.0. The predicted molar refractivity (Wildman–Crippen MR) is 107 cm³/mol. The normalized spacial score (nSPS) is 10.8. The summed E-state index contributed by atoms with van der Waals surface area (Å²) in [6.07, 6.45) is 1.78. The average molecular weight is 363 g/mol. The highest BCUT2D eigenvalue weighted by molar-refractivity contribution is 6.05. The molecule has 0 unspecified atom stereocenters. The van der Waals surface area contributed by atoms with E-state index in [9.17, 15) is 4.79 Å². The Morgan fingerprint density at radius 2 is 1.93 bits per heavy atom. The number of aromatic nitrogens is 2. The number of hydrogen-bond donors (Lipinski definition) is 1. The monoisotopic (exact) mass is 363 g/mol. The Balaban J connectivity index is 1.81. The first kappa shape index (κ1) is 18.9. The molecule has 2 heterocycles. The third kappa shape index (κ3) is 4.44. The lowest BCUT2D eigenvalue weighted by Gasteiger charge is -2.12. The van der Waals surface area contributed by atoms with E-state index in [-0.39, 0.29) is 5.91 Å². The van der Waals surface area contributed by atoms with Gasteiger partial charge in [-0.1, -0.05) is 24.3 Å². The van der Waals surface area contributed by atoms with Crippen molar-refractivity contribution in [2.45, 2.75) is 33.9 Å². The highest BCUT2D eigenvalue weighted by Crippen LogP contribution is 2.21. The Bertz CT molecular complexity index is 917. The van der Waals surface area contributed by atoms with Crippen molar-refractivity contribution in [1.29, 1.82) is 0 Å². The lowest BCUT2D eigenvalue weighted by atomic mass is 10.1. The number of rotatable bonds is 7. The summed E-state index contributed by atoms with van der Waals surface area (Å²) in [6, 6.07) is 15.5. The summed E-state index contributed by atoms with van der Waals surface area (Å²) < 4.78 is 7.61. The molecule has 5 nitrogen and oxygen atoms in total. The van der Waals surface area contributed by atoms with Crippen LogP contribution in [0.15, 0.2) is 54.7 Å². The molecule has 0 radical (unpaired) electrons. The maximum atomic E-state index is 12.9. The van der Waals surface area contributed by atoms with E-state index in [0.717, 1.165) is 28.3 Å². The average Bonchev–Trinajstić information content (AvgIpc) is 2.96. The van der Waals surface area contributed by atoms with Gasteiger partial charge in [0, 0.05) is 35.4 Å². The van der Waals surface area contributed by atoms with E-state index in [2.05, 4.69) is 14.9 Å². The van der Waals surface area contributed by atoms with Crippen molar-refractivity contribution in [3.63, 3.8) is 0 Å². The number of benzene rings is 1. The quantitative estimate of drug-likeness (QED) is 0.679. The van der Waals surface area contributed by atoms with Gasteiger partial charge in [0.1, 0.15) is 0 Å². The summed E-state index contributed by atoms with van der Waals surface area (Å²) in [7, 11) is 0. The van der Waals surface area contributed by atoms with Gasteiger partial charge in [-0.15, -0.1) is 0 Å². The van der Waals surface area contributed by atoms with Crippen LogP contribution >= 0.6 is 0 Å². The molecule has 0 spiro atoms. The molecule has 2 aromatic heterocycles.